The lowest BCUT2D eigenvalue weighted by Crippen LogP contribution is -2.57. The van der Waals surface area contributed by atoms with Gasteiger partial charge in [0.15, 0.2) is 0 Å². The van der Waals surface area contributed by atoms with Gasteiger partial charge in [-0.1, -0.05) is 13.8 Å². The van der Waals surface area contributed by atoms with Gasteiger partial charge in [-0.25, -0.2) is 4.79 Å². The van der Waals surface area contributed by atoms with Crippen molar-refractivity contribution in [3.8, 4) is 0 Å². The Hall–Kier alpha value is -1.10. The molecule has 0 saturated carbocycles. The van der Waals surface area contributed by atoms with E-state index in [1.54, 1.807) is 13.8 Å². The predicted octanol–water partition coefficient (Wildman–Crippen LogP) is 1.14. The Balaban J connectivity index is 2.82. The van der Waals surface area contributed by atoms with Crippen LogP contribution in [0.1, 0.15) is 46.5 Å². The Kier molecular flexibility index (Phi) is 4.73. The third-order valence-corrected chi connectivity index (χ3v) is 4.29. The molecule has 1 amide bonds. The molecule has 1 heterocycles. The molecule has 0 bridgehead atoms. The number of amides is 1. The van der Waals surface area contributed by atoms with Crippen LogP contribution in [0.3, 0.4) is 0 Å². The Morgan fingerprint density at radius 2 is 1.89 bits per heavy atom. The number of carboxylic acid groups (broad SMARTS) is 1. The topological polar surface area (TPSA) is 78.4 Å². The van der Waals surface area contributed by atoms with Crippen molar-refractivity contribution in [2.75, 3.05) is 13.1 Å². The first-order valence-electron chi connectivity index (χ1n) is 6.67. The number of aliphatic carboxylic acids is 1. The minimum absolute atomic E-state index is 0.113. The fourth-order valence-electron chi connectivity index (χ4n) is 2.32. The normalized spacial score (nSPS) is 21.9. The van der Waals surface area contributed by atoms with E-state index in [9.17, 15) is 14.7 Å². The van der Waals surface area contributed by atoms with Crippen molar-refractivity contribution < 1.29 is 14.7 Å². The van der Waals surface area contributed by atoms with Crippen LogP contribution >= 0.6 is 0 Å². The second-order valence-electron chi connectivity index (χ2n) is 5.33. The van der Waals surface area contributed by atoms with E-state index in [1.165, 1.54) is 0 Å². The fraction of sp³-hybridized carbons (Fsp3) is 0.846. The molecular weight excluding hydrogens is 232 g/mol. The van der Waals surface area contributed by atoms with Gasteiger partial charge in [0, 0.05) is 0 Å². The highest BCUT2D eigenvalue weighted by Gasteiger charge is 2.42. The van der Waals surface area contributed by atoms with Crippen LogP contribution in [0, 0.1) is 5.41 Å². The van der Waals surface area contributed by atoms with Crippen molar-refractivity contribution in [2.45, 2.75) is 52.0 Å². The summed E-state index contributed by atoms with van der Waals surface area (Å²) in [6, 6.07) is 0. The van der Waals surface area contributed by atoms with Gasteiger partial charge in [-0.15, -0.1) is 0 Å². The summed E-state index contributed by atoms with van der Waals surface area (Å²) in [6.07, 6.45) is 2.68. The van der Waals surface area contributed by atoms with E-state index in [-0.39, 0.29) is 5.91 Å². The summed E-state index contributed by atoms with van der Waals surface area (Å²) in [5, 5.41) is 15.2. The second-order valence-corrected chi connectivity index (χ2v) is 5.33. The highest BCUT2D eigenvalue weighted by Crippen LogP contribution is 2.33. The molecule has 5 nitrogen and oxygen atoms in total. The molecule has 1 unspecified atom stereocenters. The lowest BCUT2D eigenvalue weighted by molar-refractivity contribution is -0.149. The third kappa shape index (κ3) is 2.83. The van der Waals surface area contributed by atoms with Crippen molar-refractivity contribution in [3.05, 3.63) is 0 Å². The Labute approximate surface area is 108 Å². The molecule has 1 aliphatic rings. The van der Waals surface area contributed by atoms with E-state index in [0.29, 0.717) is 6.42 Å². The molecule has 5 heteroatoms. The van der Waals surface area contributed by atoms with Gasteiger partial charge in [0.05, 0.1) is 5.41 Å². The van der Waals surface area contributed by atoms with Crippen LogP contribution < -0.4 is 10.6 Å². The molecule has 104 valence electrons. The zero-order valence-corrected chi connectivity index (χ0v) is 11.5. The van der Waals surface area contributed by atoms with E-state index in [1.807, 2.05) is 6.92 Å². The van der Waals surface area contributed by atoms with Crippen molar-refractivity contribution in [1.82, 2.24) is 10.6 Å². The van der Waals surface area contributed by atoms with Gasteiger partial charge in [0.2, 0.25) is 5.91 Å². The van der Waals surface area contributed by atoms with Crippen LogP contribution in [0.2, 0.25) is 0 Å². The molecule has 1 saturated heterocycles. The van der Waals surface area contributed by atoms with Crippen LogP contribution in [0.5, 0.6) is 0 Å². The lowest BCUT2D eigenvalue weighted by Gasteiger charge is -2.38. The van der Waals surface area contributed by atoms with Crippen molar-refractivity contribution in [2.24, 2.45) is 5.41 Å². The summed E-state index contributed by atoms with van der Waals surface area (Å²) in [5.41, 5.74) is -1.57. The fourth-order valence-corrected chi connectivity index (χ4v) is 2.32. The van der Waals surface area contributed by atoms with Crippen molar-refractivity contribution in [1.29, 1.82) is 0 Å². The first-order valence-corrected chi connectivity index (χ1v) is 6.67. The van der Waals surface area contributed by atoms with E-state index in [2.05, 4.69) is 10.6 Å². The standard InChI is InChI=1S/C13H24N2O3/c1-4-12(3,11(17)18)15-10(16)13(5-2)6-8-14-9-7-13/h14H,4-9H2,1-3H3,(H,15,16)(H,17,18). The maximum absolute atomic E-state index is 12.4. The average Bonchev–Trinajstić information content (AvgIpc) is 2.38. The summed E-state index contributed by atoms with van der Waals surface area (Å²) in [5.74, 6) is -1.09. The zero-order chi connectivity index (χ0) is 13.8. The molecule has 1 fully saturated rings. The van der Waals surface area contributed by atoms with Gasteiger partial charge >= 0.3 is 5.97 Å². The number of carbonyl (C=O) groups excluding carboxylic acids is 1. The first-order chi connectivity index (χ1) is 8.40. The molecule has 1 aliphatic heterocycles. The maximum atomic E-state index is 12.4. The molecule has 0 radical (unpaired) electrons. The largest absolute Gasteiger partial charge is 0.480 e. The monoisotopic (exact) mass is 256 g/mol. The van der Waals surface area contributed by atoms with Gasteiger partial charge < -0.3 is 15.7 Å². The summed E-state index contributed by atoms with van der Waals surface area (Å²) in [7, 11) is 0. The molecule has 0 aromatic rings. The molecule has 0 aliphatic carbocycles. The number of carbonyl (C=O) groups is 2. The van der Waals surface area contributed by atoms with E-state index in [0.717, 1.165) is 32.4 Å². The van der Waals surface area contributed by atoms with E-state index < -0.39 is 16.9 Å². The molecule has 0 aromatic heterocycles. The van der Waals surface area contributed by atoms with Crippen LogP contribution in [0.4, 0.5) is 0 Å². The van der Waals surface area contributed by atoms with Crippen LogP contribution in [0.25, 0.3) is 0 Å². The van der Waals surface area contributed by atoms with Gasteiger partial charge in [-0.2, -0.15) is 0 Å². The van der Waals surface area contributed by atoms with Gasteiger partial charge in [0.1, 0.15) is 5.54 Å². The number of hydrogen-bond donors (Lipinski definition) is 3. The van der Waals surface area contributed by atoms with E-state index >= 15 is 0 Å². The third-order valence-electron chi connectivity index (χ3n) is 4.29. The molecule has 18 heavy (non-hydrogen) atoms. The minimum Gasteiger partial charge on any atom is -0.480 e. The number of piperidine rings is 1. The second kappa shape index (κ2) is 5.69. The van der Waals surface area contributed by atoms with Gasteiger partial charge in [-0.05, 0) is 45.7 Å². The summed E-state index contributed by atoms with van der Waals surface area (Å²) in [6.45, 7) is 6.97. The summed E-state index contributed by atoms with van der Waals surface area (Å²) >= 11 is 0. The Bertz CT molecular complexity index is 324. The van der Waals surface area contributed by atoms with Crippen molar-refractivity contribution in [3.63, 3.8) is 0 Å². The lowest BCUT2D eigenvalue weighted by atomic mass is 9.75. The molecular formula is C13H24N2O3. The number of hydrogen-bond acceptors (Lipinski definition) is 3. The van der Waals surface area contributed by atoms with Crippen LogP contribution in [-0.2, 0) is 9.59 Å². The highest BCUT2D eigenvalue weighted by atomic mass is 16.4. The Morgan fingerprint density at radius 3 is 2.28 bits per heavy atom. The maximum Gasteiger partial charge on any atom is 0.329 e. The van der Waals surface area contributed by atoms with Gasteiger partial charge in [0.25, 0.3) is 0 Å². The Morgan fingerprint density at radius 1 is 1.33 bits per heavy atom. The summed E-state index contributed by atoms with van der Waals surface area (Å²) < 4.78 is 0. The molecule has 0 aromatic carbocycles. The van der Waals surface area contributed by atoms with Crippen LogP contribution in [0.15, 0.2) is 0 Å². The summed E-state index contributed by atoms with van der Waals surface area (Å²) in [4.78, 5) is 23.7. The number of carboxylic acids is 1. The molecule has 3 N–H and O–H groups in total. The number of nitrogens with one attached hydrogen (secondary N) is 2. The van der Waals surface area contributed by atoms with E-state index in [4.69, 9.17) is 0 Å². The molecule has 1 atom stereocenters. The highest BCUT2D eigenvalue weighted by molar-refractivity contribution is 5.89. The van der Waals surface area contributed by atoms with Crippen LogP contribution in [-0.4, -0.2) is 35.6 Å². The molecule has 1 rings (SSSR count). The smallest absolute Gasteiger partial charge is 0.329 e. The average molecular weight is 256 g/mol. The quantitative estimate of drug-likeness (QED) is 0.689. The first kappa shape index (κ1) is 15.0. The number of rotatable bonds is 5. The van der Waals surface area contributed by atoms with Gasteiger partial charge in [-0.3, -0.25) is 4.79 Å². The molecule has 0 spiro atoms. The zero-order valence-electron chi connectivity index (χ0n) is 11.5. The minimum atomic E-state index is -1.16. The SMILES string of the molecule is CCC1(C(=O)NC(C)(CC)C(=O)O)CCNCC1. The van der Waals surface area contributed by atoms with Crippen molar-refractivity contribution >= 4 is 11.9 Å². The predicted molar refractivity (Wildman–Crippen MR) is 69.3 cm³/mol.